The molecule has 0 saturated carbocycles. The van der Waals surface area contributed by atoms with Gasteiger partial charge < -0.3 is 10.1 Å². The second-order valence-electron chi connectivity index (χ2n) is 6.34. The van der Waals surface area contributed by atoms with Crippen LogP contribution in [0.3, 0.4) is 0 Å². The van der Waals surface area contributed by atoms with Crippen molar-refractivity contribution in [3.63, 3.8) is 0 Å². The lowest BCUT2D eigenvalue weighted by Gasteiger charge is -2.24. The van der Waals surface area contributed by atoms with Crippen molar-refractivity contribution in [1.82, 2.24) is 40.3 Å². The number of aryl methyl sites for hydroxylation is 1. The molecule has 11 heteroatoms. The molecule has 0 fully saturated rings. The minimum atomic E-state index is -0.348. The van der Waals surface area contributed by atoms with Crippen molar-refractivity contribution >= 4 is 11.7 Å². The Morgan fingerprint density at radius 1 is 1.44 bits per heavy atom. The van der Waals surface area contributed by atoms with E-state index < -0.39 is 0 Å². The maximum atomic E-state index is 12.2. The molecule has 4 rings (SSSR count). The van der Waals surface area contributed by atoms with Crippen molar-refractivity contribution < 1.29 is 14.3 Å². The highest BCUT2D eigenvalue weighted by Crippen LogP contribution is 2.24. The minimum Gasteiger partial charge on any atom is -0.368 e. The van der Waals surface area contributed by atoms with Crippen LogP contribution >= 0.6 is 0 Å². The summed E-state index contributed by atoms with van der Waals surface area (Å²) in [4.78, 5) is 23.4. The van der Waals surface area contributed by atoms with E-state index in [4.69, 9.17) is 4.74 Å². The Labute approximate surface area is 153 Å². The van der Waals surface area contributed by atoms with Gasteiger partial charge in [0, 0.05) is 32.3 Å². The number of ether oxygens (including phenoxy) is 1. The summed E-state index contributed by atoms with van der Waals surface area (Å²) in [5, 5.41) is 21.7. The van der Waals surface area contributed by atoms with Crippen LogP contribution < -0.4 is 5.32 Å². The summed E-state index contributed by atoms with van der Waals surface area (Å²) < 4.78 is 9.33. The Morgan fingerprint density at radius 3 is 3.00 bits per heavy atom. The molecule has 0 radical (unpaired) electrons. The molecule has 0 aliphatic carbocycles. The van der Waals surface area contributed by atoms with Crippen LogP contribution in [-0.4, -0.2) is 59.3 Å². The van der Waals surface area contributed by atoms with Gasteiger partial charge in [-0.15, -0.1) is 5.10 Å². The second-order valence-corrected chi connectivity index (χ2v) is 6.34. The van der Waals surface area contributed by atoms with Gasteiger partial charge in [0.1, 0.15) is 17.1 Å². The summed E-state index contributed by atoms with van der Waals surface area (Å²) in [6.07, 6.45) is 3.37. The molecular weight excluding hydrogens is 352 g/mol. The van der Waals surface area contributed by atoms with Gasteiger partial charge in [0.2, 0.25) is 0 Å². The number of rotatable bonds is 5. The van der Waals surface area contributed by atoms with Crippen molar-refractivity contribution in [2.75, 3.05) is 6.54 Å². The van der Waals surface area contributed by atoms with E-state index in [1.54, 1.807) is 15.6 Å². The SMILES string of the molecule is CC(=O)c1cc(C(=O)NCC2Cn3nnc(-c4cnn(C)c4)c3CO2)[nH]n1. The van der Waals surface area contributed by atoms with Crippen LogP contribution in [0.4, 0.5) is 0 Å². The van der Waals surface area contributed by atoms with E-state index in [-0.39, 0.29) is 29.2 Å². The zero-order valence-electron chi connectivity index (χ0n) is 14.8. The topological polar surface area (TPSA) is 133 Å². The maximum absolute atomic E-state index is 12.2. The summed E-state index contributed by atoms with van der Waals surface area (Å²) in [6.45, 7) is 2.51. The number of Topliss-reactive ketones (excluding diaryl/α,β-unsaturated/α-hetero) is 1. The number of amides is 1. The van der Waals surface area contributed by atoms with Gasteiger partial charge in [-0.2, -0.15) is 10.2 Å². The highest BCUT2D eigenvalue weighted by atomic mass is 16.5. The van der Waals surface area contributed by atoms with Crippen LogP contribution in [-0.2, 0) is 24.9 Å². The molecule has 1 aliphatic rings. The number of hydrogen-bond donors (Lipinski definition) is 2. The van der Waals surface area contributed by atoms with Gasteiger partial charge in [-0.25, -0.2) is 4.68 Å². The van der Waals surface area contributed by atoms with Crippen LogP contribution in [0.2, 0.25) is 0 Å². The lowest BCUT2D eigenvalue weighted by Crippen LogP contribution is -2.39. The van der Waals surface area contributed by atoms with E-state index in [0.29, 0.717) is 19.7 Å². The minimum absolute atomic E-state index is 0.205. The summed E-state index contributed by atoms with van der Waals surface area (Å²) in [5.41, 5.74) is 2.97. The fourth-order valence-corrected chi connectivity index (χ4v) is 2.88. The third-order valence-corrected chi connectivity index (χ3v) is 4.32. The van der Waals surface area contributed by atoms with E-state index in [1.165, 1.54) is 13.0 Å². The molecule has 1 amide bonds. The normalized spacial score (nSPS) is 16.1. The molecule has 4 heterocycles. The Hall–Kier alpha value is -3.34. The Morgan fingerprint density at radius 2 is 2.30 bits per heavy atom. The smallest absolute Gasteiger partial charge is 0.269 e. The first-order valence-corrected chi connectivity index (χ1v) is 8.39. The molecule has 3 aromatic heterocycles. The monoisotopic (exact) mass is 370 g/mol. The van der Waals surface area contributed by atoms with Gasteiger partial charge >= 0.3 is 0 Å². The third-order valence-electron chi connectivity index (χ3n) is 4.32. The molecule has 11 nitrogen and oxygen atoms in total. The molecule has 1 aliphatic heterocycles. The first-order valence-electron chi connectivity index (χ1n) is 8.39. The zero-order chi connectivity index (χ0) is 19.0. The Bertz CT molecular complexity index is 1000. The number of ketones is 1. The van der Waals surface area contributed by atoms with Crippen LogP contribution in [0.25, 0.3) is 11.3 Å². The number of hydrogen-bond acceptors (Lipinski definition) is 7. The first-order chi connectivity index (χ1) is 13.0. The predicted octanol–water partition coefficient (Wildman–Crippen LogP) is -0.0669. The fraction of sp³-hybridized carbons (Fsp3) is 0.375. The van der Waals surface area contributed by atoms with Crippen molar-refractivity contribution in [2.24, 2.45) is 7.05 Å². The summed E-state index contributed by atoms with van der Waals surface area (Å²) in [5.74, 6) is -0.553. The summed E-state index contributed by atoms with van der Waals surface area (Å²) in [6, 6.07) is 1.43. The van der Waals surface area contributed by atoms with E-state index >= 15 is 0 Å². The molecule has 0 aromatic carbocycles. The molecule has 140 valence electrons. The van der Waals surface area contributed by atoms with E-state index in [2.05, 4.69) is 30.9 Å². The Balaban J connectivity index is 1.38. The molecule has 1 atom stereocenters. The molecule has 0 spiro atoms. The van der Waals surface area contributed by atoms with Crippen LogP contribution in [0.15, 0.2) is 18.5 Å². The summed E-state index contributed by atoms with van der Waals surface area (Å²) in [7, 11) is 1.84. The molecule has 1 unspecified atom stereocenters. The van der Waals surface area contributed by atoms with Crippen LogP contribution in [0, 0.1) is 0 Å². The largest absolute Gasteiger partial charge is 0.368 e. The molecule has 0 bridgehead atoms. The van der Waals surface area contributed by atoms with Crippen molar-refractivity contribution in [3.05, 3.63) is 35.5 Å². The van der Waals surface area contributed by atoms with Crippen LogP contribution in [0.5, 0.6) is 0 Å². The maximum Gasteiger partial charge on any atom is 0.269 e. The summed E-state index contributed by atoms with van der Waals surface area (Å²) >= 11 is 0. The van der Waals surface area contributed by atoms with Gasteiger partial charge in [0.25, 0.3) is 5.91 Å². The van der Waals surface area contributed by atoms with Gasteiger partial charge in [-0.05, 0) is 6.07 Å². The number of nitrogens with one attached hydrogen (secondary N) is 2. The van der Waals surface area contributed by atoms with E-state index in [0.717, 1.165) is 17.0 Å². The number of fused-ring (bicyclic) bond motifs is 1. The van der Waals surface area contributed by atoms with Crippen molar-refractivity contribution in [2.45, 2.75) is 26.2 Å². The van der Waals surface area contributed by atoms with E-state index in [1.807, 2.05) is 13.2 Å². The molecule has 2 N–H and O–H groups in total. The van der Waals surface area contributed by atoms with E-state index in [9.17, 15) is 9.59 Å². The lowest BCUT2D eigenvalue weighted by atomic mass is 10.2. The molecule has 0 saturated heterocycles. The molecule has 27 heavy (non-hydrogen) atoms. The number of carbonyl (C=O) groups is 2. The first kappa shape index (κ1) is 17.1. The van der Waals surface area contributed by atoms with Gasteiger partial charge in [-0.3, -0.25) is 19.4 Å². The average molecular weight is 370 g/mol. The fourth-order valence-electron chi connectivity index (χ4n) is 2.88. The molecule has 3 aromatic rings. The number of aromatic amines is 1. The zero-order valence-corrected chi connectivity index (χ0v) is 14.8. The lowest BCUT2D eigenvalue weighted by molar-refractivity contribution is 0.00174. The van der Waals surface area contributed by atoms with Crippen molar-refractivity contribution in [3.8, 4) is 11.3 Å². The number of aromatic nitrogens is 7. The Kier molecular flexibility index (Phi) is 4.28. The van der Waals surface area contributed by atoms with Gasteiger partial charge in [0.05, 0.1) is 31.1 Å². The highest BCUT2D eigenvalue weighted by Gasteiger charge is 2.25. The number of nitrogens with zero attached hydrogens (tertiary/aromatic N) is 6. The predicted molar refractivity (Wildman–Crippen MR) is 91.7 cm³/mol. The highest BCUT2D eigenvalue weighted by molar-refractivity contribution is 5.97. The van der Waals surface area contributed by atoms with Gasteiger partial charge in [0.15, 0.2) is 5.78 Å². The third kappa shape index (κ3) is 3.36. The van der Waals surface area contributed by atoms with Crippen LogP contribution in [0.1, 0.15) is 33.6 Å². The number of carbonyl (C=O) groups excluding carboxylic acids is 2. The second kappa shape index (κ2) is 6.76. The quantitative estimate of drug-likeness (QED) is 0.601. The standard InChI is InChI=1S/C16H18N8O3/c1-9(25)12-3-13(20-19-12)16(26)17-5-11-7-24-14(8-27-11)15(21-22-24)10-4-18-23(2)6-10/h3-4,6,11H,5,7-8H2,1-2H3,(H,17,26)(H,19,20). The molecular formula is C16H18N8O3. The van der Waals surface area contributed by atoms with Gasteiger partial charge in [-0.1, -0.05) is 5.21 Å². The number of H-pyrrole nitrogens is 1. The van der Waals surface area contributed by atoms with Crippen molar-refractivity contribution in [1.29, 1.82) is 0 Å². The average Bonchev–Trinajstić information content (AvgIpc) is 3.38.